The maximum absolute atomic E-state index is 12.3. The highest BCUT2D eigenvalue weighted by Gasteiger charge is 2.31. The summed E-state index contributed by atoms with van der Waals surface area (Å²) in [7, 11) is 1.91. The number of aryl methyl sites for hydroxylation is 1. The van der Waals surface area contributed by atoms with Crippen molar-refractivity contribution in [2.45, 2.75) is 19.4 Å². The number of hydrogen-bond donors (Lipinski definition) is 1. The zero-order valence-electron chi connectivity index (χ0n) is 11.6. The number of hydrogen-bond acceptors (Lipinski definition) is 5. The average molecular weight is 266 g/mol. The molecule has 1 fully saturated rings. The molecule has 0 radical (unpaired) electrons. The van der Waals surface area contributed by atoms with Crippen LogP contribution in [0.1, 0.15) is 25.1 Å². The van der Waals surface area contributed by atoms with Crippen molar-refractivity contribution < 1.29 is 9.53 Å². The second kappa shape index (κ2) is 6.68. The van der Waals surface area contributed by atoms with Gasteiger partial charge in [0.1, 0.15) is 0 Å². The summed E-state index contributed by atoms with van der Waals surface area (Å²) in [6, 6.07) is -0.354. The molecule has 2 heterocycles. The van der Waals surface area contributed by atoms with Crippen molar-refractivity contribution >= 4 is 5.97 Å². The minimum absolute atomic E-state index is 0.187. The normalized spacial score (nSPS) is 18.8. The van der Waals surface area contributed by atoms with E-state index >= 15 is 0 Å². The Morgan fingerprint density at radius 2 is 2.37 bits per heavy atom. The van der Waals surface area contributed by atoms with Gasteiger partial charge >= 0.3 is 5.97 Å². The number of imidazole rings is 1. The van der Waals surface area contributed by atoms with Gasteiger partial charge < -0.3 is 14.6 Å². The third kappa shape index (κ3) is 3.33. The SMILES string of the molecule is CCOC(=O)C(c1cncn1C)N1CCCNCC1. The van der Waals surface area contributed by atoms with Crippen LogP contribution in [-0.2, 0) is 16.6 Å². The molecule has 6 heteroatoms. The number of esters is 1. The largest absolute Gasteiger partial charge is 0.465 e. The summed E-state index contributed by atoms with van der Waals surface area (Å²) in [5.41, 5.74) is 0.889. The van der Waals surface area contributed by atoms with E-state index in [2.05, 4.69) is 15.2 Å². The van der Waals surface area contributed by atoms with E-state index in [9.17, 15) is 4.79 Å². The smallest absolute Gasteiger partial charge is 0.329 e. The second-order valence-electron chi connectivity index (χ2n) is 4.72. The number of rotatable bonds is 4. The first-order valence-electron chi connectivity index (χ1n) is 6.81. The summed E-state index contributed by atoms with van der Waals surface area (Å²) < 4.78 is 7.12. The van der Waals surface area contributed by atoms with Crippen LogP contribution >= 0.6 is 0 Å². The van der Waals surface area contributed by atoms with Gasteiger partial charge in [0.05, 0.1) is 24.8 Å². The molecule has 1 unspecified atom stereocenters. The minimum atomic E-state index is -0.354. The van der Waals surface area contributed by atoms with Gasteiger partial charge in [0, 0.05) is 26.7 Å². The summed E-state index contributed by atoms with van der Waals surface area (Å²) in [6.07, 6.45) is 4.51. The molecule has 0 amide bonds. The van der Waals surface area contributed by atoms with Gasteiger partial charge in [-0.25, -0.2) is 9.78 Å². The summed E-state index contributed by atoms with van der Waals surface area (Å²) in [5.74, 6) is -0.187. The van der Waals surface area contributed by atoms with Crippen LogP contribution in [0.2, 0.25) is 0 Å². The fraction of sp³-hybridized carbons (Fsp3) is 0.692. The van der Waals surface area contributed by atoms with Crippen molar-refractivity contribution in [3.05, 3.63) is 18.2 Å². The Bertz CT molecular complexity index is 411. The van der Waals surface area contributed by atoms with Gasteiger partial charge in [-0.15, -0.1) is 0 Å². The Hall–Kier alpha value is -1.40. The van der Waals surface area contributed by atoms with Crippen molar-refractivity contribution in [2.75, 3.05) is 32.8 Å². The van der Waals surface area contributed by atoms with E-state index < -0.39 is 0 Å². The Balaban J connectivity index is 2.22. The Kier molecular flexibility index (Phi) is 4.93. The maximum Gasteiger partial charge on any atom is 0.329 e. The van der Waals surface area contributed by atoms with E-state index in [1.165, 1.54) is 0 Å². The first kappa shape index (κ1) is 14.0. The number of nitrogens with one attached hydrogen (secondary N) is 1. The van der Waals surface area contributed by atoms with E-state index in [4.69, 9.17) is 4.74 Å². The molecule has 6 nitrogen and oxygen atoms in total. The Morgan fingerprint density at radius 1 is 1.53 bits per heavy atom. The van der Waals surface area contributed by atoms with E-state index in [1.54, 1.807) is 12.5 Å². The van der Waals surface area contributed by atoms with Crippen LogP contribution in [0.3, 0.4) is 0 Å². The van der Waals surface area contributed by atoms with Gasteiger partial charge in [0.15, 0.2) is 6.04 Å². The van der Waals surface area contributed by atoms with Crippen molar-refractivity contribution in [3.63, 3.8) is 0 Å². The van der Waals surface area contributed by atoms with Gasteiger partial charge in [-0.2, -0.15) is 0 Å². The molecule has 1 aromatic rings. The van der Waals surface area contributed by atoms with Gasteiger partial charge in [-0.1, -0.05) is 0 Å². The molecule has 0 aliphatic carbocycles. The first-order valence-corrected chi connectivity index (χ1v) is 6.81. The molecule has 0 aromatic carbocycles. The highest BCUT2D eigenvalue weighted by atomic mass is 16.5. The van der Waals surface area contributed by atoms with Crippen LogP contribution in [0.5, 0.6) is 0 Å². The number of ether oxygens (including phenoxy) is 1. The van der Waals surface area contributed by atoms with Gasteiger partial charge in [0.25, 0.3) is 0 Å². The summed E-state index contributed by atoms with van der Waals surface area (Å²) in [5, 5.41) is 3.35. The molecule has 0 spiro atoms. The fourth-order valence-electron chi connectivity index (χ4n) is 2.43. The molecule has 1 aliphatic rings. The standard InChI is InChI=1S/C13H22N4O2/c1-3-19-13(18)12(11-9-15-10-16(11)2)17-7-4-5-14-6-8-17/h9-10,12,14H,3-8H2,1-2H3. The molecule has 106 valence electrons. The van der Waals surface area contributed by atoms with Crippen molar-refractivity contribution in [1.82, 2.24) is 19.8 Å². The van der Waals surface area contributed by atoms with Crippen LogP contribution in [0, 0.1) is 0 Å². The van der Waals surface area contributed by atoms with E-state index in [0.29, 0.717) is 6.61 Å². The predicted molar refractivity (Wildman–Crippen MR) is 71.6 cm³/mol. The quantitative estimate of drug-likeness (QED) is 0.795. The van der Waals surface area contributed by atoms with Gasteiger partial charge in [-0.3, -0.25) is 4.90 Å². The second-order valence-corrected chi connectivity index (χ2v) is 4.72. The lowest BCUT2D eigenvalue weighted by atomic mass is 10.1. The Morgan fingerprint density at radius 3 is 3.05 bits per heavy atom. The number of carbonyl (C=O) groups excluding carboxylic acids is 1. The Labute approximate surface area is 113 Å². The van der Waals surface area contributed by atoms with Crippen LogP contribution in [0.25, 0.3) is 0 Å². The molecule has 1 aliphatic heterocycles. The molecule has 1 saturated heterocycles. The molecular formula is C13H22N4O2. The zero-order valence-corrected chi connectivity index (χ0v) is 11.6. The molecule has 0 saturated carbocycles. The summed E-state index contributed by atoms with van der Waals surface area (Å²) in [4.78, 5) is 18.6. The predicted octanol–water partition coefficient (Wildman–Crippen LogP) is 0.320. The highest BCUT2D eigenvalue weighted by Crippen LogP contribution is 2.22. The lowest BCUT2D eigenvalue weighted by Gasteiger charge is -2.28. The highest BCUT2D eigenvalue weighted by molar-refractivity contribution is 5.77. The molecule has 0 bridgehead atoms. The fourth-order valence-corrected chi connectivity index (χ4v) is 2.43. The van der Waals surface area contributed by atoms with Crippen LogP contribution in [-0.4, -0.2) is 53.2 Å². The molecule has 19 heavy (non-hydrogen) atoms. The molecular weight excluding hydrogens is 244 g/mol. The monoisotopic (exact) mass is 266 g/mol. The molecule has 2 rings (SSSR count). The number of carbonyl (C=O) groups is 1. The summed E-state index contributed by atoms with van der Waals surface area (Å²) >= 11 is 0. The lowest BCUT2D eigenvalue weighted by Crippen LogP contribution is -2.38. The minimum Gasteiger partial charge on any atom is -0.465 e. The van der Waals surface area contributed by atoms with Gasteiger partial charge in [0.2, 0.25) is 0 Å². The third-order valence-electron chi connectivity index (χ3n) is 3.38. The van der Waals surface area contributed by atoms with Crippen molar-refractivity contribution in [3.8, 4) is 0 Å². The number of nitrogens with zero attached hydrogens (tertiary/aromatic N) is 3. The van der Waals surface area contributed by atoms with E-state index in [0.717, 1.165) is 38.3 Å². The summed E-state index contributed by atoms with van der Waals surface area (Å²) in [6.45, 7) is 5.86. The van der Waals surface area contributed by atoms with Crippen LogP contribution in [0.4, 0.5) is 0 Å². The lowest BCUT2D eigenvalue weighted by molar-refractivity contribution is -0.150. The molecule has 1 atom stereocenters. The van der Waals surface area contributed by atoms with E-state index in [-0.39, 0.29) is 12.0 Å². The first-order chi connectivity index (χ1) is 9.24. The van der Waals surface area contributed by atoms with Crippen molar-refractivity contribution in [1.29, 1.82) is 0 Å². The van der Waals surface area contributed by atoms with Crippen LogP contribution in [0.15, 0.2) is 12.5 Å². The van der Waals surface area contributed by atoms with Crippen molar-refractivity contribution in [2.24, 2.45) is 7.05 Å². The van der Waals surface area contributed by atoms with Gasteiger partial charge in [-0.05, 0) is 19.9 Å². The van der Waals surface area contributed by atoms with Crippen LogP contribution < -0.4 is 5.32 Å². The molecule has 1 N–H and O–H groups in total. The third-order valence-corrected chi connectivity index (χ3v) is 3.38. The number of aromatic nitrogens is 2. The molecule has 1 aromatic heterocycles. The topological polar surface area (TPSA) is 59.4 Å². The maximum atomic E-state index is 12.3. The zero-order chi connectivity index (χ0) is 13.7. The van der Waals surface area contributed by atoms with E-state index in [1.807, 2.05) is 18.5 Å². The average Bonchev–Trinajstić information content (AvgIpc) is 2.66.